The first-order valence-corrected chi connectivity index (χ1v) is 6.54. The number of carbonyl (C=O) groups is 1. The Morgan fingerprint density at radius 1 is 0.950 bits per heavy atom. The minimum atomic E-state index is -0.919. The molecule has 1 aliphatic carbocycles. The predicted molar refractivity (Wildman–Crippen MR) is 81.3 cm³/mol. The zero-order valence-corrected chi connectivity index (χ0v) is 10.9. The first-order valence-electron chi connectivity index (χ1n) is 6.54. The Hall–Kier alpha value is -2.61. The molecule has 3 rings (SSSR count). The lowest BCUT2D eigenvalue weighted by atomic mass is 10.0. The van der Waals surface area contributed by atoms with Gasteiger partial charge in [-0.2, -0.15) is 0 Å². The highest BCUT2D eigenvalue weighted by Crippen LogP contribution is 2.24. The van der Waals surface area contributed by atoms with Gasteiger partial charge in [0.25, 0.3) is 0 Å². The topological polar surface area (TPSA) is 37.3 Å². The molecule has 0 saturated heterocycles. The first kappa shape index (κ1) is 12.4. The van der Waals surface area contributed by atoms with E-state index in [0.29, 0.717) is 0 Å². The molecule has 20 heavy (non-hydrogen) atoms. The third kappa shape index (κ3) is 2.41. The minimum Gasteiger partial charge on any atom is -0.478 e. The molecule has 0 heterocycles. The summed E-state index contributed by atoms with van der Waals surface area (Å²) in [5.74, 6) is -0.919. The van der Waals surface area contributed by atoms with Crippen LogP contribution in [0.4, 0.5) is 0 Å². The van der Waals surface area contributed by atoms with E-state index in [1.807, 2.05) is 18.2 Å². The fourth-order valence-electron chi connectivity index (χ4n) is 2.40. The molecule has 2 aromatic carbocycles. The van der Waals surface area contributed by atoms with Crippen LogP contribution in [0.5, 0.6) is 0 Å². The van der Waals surface area contributed by atoms with E-state index in [2.05, 4.69) is 24.3 Å². The first-order chi connectivity index (χ1) is 9.74. The molecular formula is C18H14O2. The number of aromatic carboxylic acids is 1. The highest BCUT2D eigenvalue weighted by atomic mass is 16.4. The number of hydrogen-bond acceptors (Lipinski definition) is 1. The lowest BCUT2D eigenvalue weighted by Gasteiger charge is -2.01. The van der Waals surface area contributed by atoms with E-state index in [-0.39, 0.29) is 5.56 Å². The summed E-state index contributed by atoms with van der Waals surface area (Å²) >= 11 is 0. The van der Waals surface area contributed by atoms with Crippen molar-refractivity contribution in [2.75, 3.05) is 0 Å². The van der Waals surface area contributed by atoms with Gasteiger partial charge in [0.2, 0.25) is 0 Å². The van der Waals surface area contributed by atoms with Crippen molar-refractivity contribution in [1.82, 2.24) is 0 Å². The summed E-state index contributed by atoms with van der Waals surface area (Å²) in [6, 6.07) is 17.0. The number of fused-ring (bicyclic) bond motifs is 2. The van der Waals surface area contributed by atoms with Crippen molar-refractivity contribution in [1.29, 1.82) is 0 Å². The standard InChI is InChI=1S/C18H14O2/c19-18(20)13-5-1-2-6-14-11-16-9-4-10-17(16)12-15(14)8-3-7-13/h1-8,10-12H,9H2,(H,19,20). The molecule has 0 aliphatic heterocycles. The number of carboxylic acids is 1. The second-order valence-electron chi connectivity index (χ2n) is 4.79. The maximum absolute atomic E-state index is 11.0. The molecular weight excluding hydrogens is 248 g/mol. The van der Waals surface area contributed by atoms with Gasteiger partial charge in [-0.15, -0.1) is 0 Å². The summed E-state index contributed by atoms with van der Waals surface area (Å²) in [5, 5.41) is 11.3. The average molecular weight is 262 g/mol. The van der Waals surface area contributed by atoms with E-state index < -0.39 is 5.97 Å². The molecule has 0 bridgehead atoms. The number of benzene rings is 1. The van der Waals surface area contributed by atoms with Crippen LogP contribution in [0.3, 0.4) is 0 Å². The quantitative estimate of drug-likeness (QED) is 0.835. The fraction of sp³-hybridized carbons (Fsp3) is 0.0556. The Morgan fingerprint density at radius 2 is 1.65 bits per heavy atom. The van der Waals surface area contributed by atoms with Gasteiger partial charge in [0.05, 0.1) is 5.56 Å². The molecule has 2 nitrogen and oxygen atoms in total. The normalized spacial score (nSPS) is 12.0. The molecule has 0 spiro atoms. The maximum Gasteiger partial charge on any atom is 0.335 e. The van der Waals surface area contributed by atoms with Gasteiger partial charge in [0.1, 0.15) is 0 Å². The van der Waals surface area contributed by atoms with Crippen molar-refractivity contribution in [3.05, 3.63) is 77.4 Å². The average Bonchev–Trinajstić information content (AvgIpc) is 2.88. The fourth-order valence-corrected chi connectivity index (χ4v) is 2.40. The number of allylic oxidation sites excluding steroid dienone is 1. The lowest BCUT2D eigenvalue weighted by Crippen LogP contribution is -1.92. The Balaban J connectivity index is 2.25. The zero-order chi connectivity index (χ0) is 13.9. The SMILES string of the molecule is O=C(O)c1ccccc2cc3c(cc2ccc1)C=CC3. The van der Waals surface area contributed by atoms with Gasteiger partial charge in [-0.05, 0) is 46.5 Å². The maximum atomic E-state index is 11.0. The molecule has 0 aromatic heterocycles. The van der Waals surface area contributed by atoms with Crippen LogP contribution in [0.1, 0.15) is 21.5 Å². The Morgan fingerprint density at radius 3 is 2.50 bits per heavy atom. The molecule has 1 aliphatic rings. The smallest absolute Gasteiger partial charge is 0.335 e. The number of hydrogen-bond donors (Lipinski definition) is 1. The van der Waals surface area contributed by atoms with E-state index in [1.54, 1.807) is 24.3 Å². The largest absolute Gasteiger partial charge is 0.478 e. The van der Waals surface area contributed by atoms with Gasteiger partial charge < -0.3 is 5.11 Å². The summed E-state index contributed by atoms with van der Waals surface area (Å²) < 4.78 is 0. The van der Waals surface area contributed by atoms with Gasteiger partial charge in [0, 0.05) is 0 Å². The highest BCUT2D eigenvalue weighted by molar-refractivity contribution is 5.88. The van der Waals surface area contributed by atoms with Gasteiger partial charge in [-0.25, -0.2) is 4.79 Å². The number of rotatable bonds is 1. The molecule has 1 N–H and O–H groups in total. The summed E-state index contributed by atoms with van der Waals surface area (Å²) in [6.45, 7) is 0. The van der Waals surface area contributed by atoms with Gasteiger partial charge >= 0.3 is 5.97 Å². The van der Waals surface area contributed by atoms with Crippen LogP contribution in [0, 0.1) is 0 Å². The van der Waals surface area contributed by atoms with Crippen LogP contribution in [0.25, 0.3) is 16.8 Å². The van der Waals surface area contributed by atoms with Crippen LogP contribution in [0.15, 0.2) is 60.7 Å². The van der Waals surface area contributed by atoms with Gasteiger partial charge in [-0.1, -0.05) is 48.6 Å². The number of carboxylic acid groups (broad SMARTS) is 1. The molecule has 98 valence electrons. The molecule has 0 unspecified atom stereocenters. The minimum absolute atomic E-state index is 0.274. The summed E-state index contributed by atoms with van der Waals surface area (Å²) in [4.78, 5) is 11.0. The van der Waals surface area contributed by atoms with E-state index in [4.69, 9.17) is 5.11 Å². The van der Waals surface area contributed by atoms with Crippen LogP contribution in [-0.2, 0) is 6.42 Å². The van der Waals surface area contributed by atoms with Crippen LogP contribution in [0.2, 0.25) is 0 Å². The van der Waals surface area contributed by atoms with Crippen molar-refractivity contribution in [2.24, 2.45) is 0 Å². The lowest BCUT2D eigenvalue weighted by molar-refractivity contribution is 0.0697. The molecule has 2 heteroatoms. The van der Waals surface area contributed by atoms with Crippen LogP contribution in [-0.4, -0.2) is 11.1 Å². The Bertz CT molecular complexity index is 771. The van der Waals surface area contributed by atoms with Crippen molar-refractivity contribution in [3.8, 4) is 0 Å². The molecule has 2 aromatic rings. The van der Waals surface area contributed by atoms with E-state index in [1.165, 1.54) is 11.1 Å². The van der Waals surface area contributed by atoms with Crippen molar-refractivity contribution < 1.29 is 9.90 Å². The third-order valence-electron chi connectivity index (χ3n) is 3.44. The van der Waals surface area contributed by atoms with Gasteiger partial charge in [-0.3, -0.25) is 0 Å². The predicted octanol–water partition coefficient (Wildman–Crippen LogP) is 4.23. The van der Waals surface area contributed by atoms with Crippen molar-refractivity contribution >= 4 is 22.8 Å². The van der Waals surface area contributed by atoms with E-state index in [9.17, 15) is 4.79 Å². The van der Waals surface area contributed by atoms with Gasteiger partial charge in [0.15, 0.2) is 0 Å². The molecule has 0 saturated carbocycles. The highest BCUT2D eigenvalue weighted by Gasteiger charge is 2.05. The van der Waals surface area contributed by atoms with E-state index >= 15 is 0 Å². The van der Waals surface area contributed by atoms with Crippen LogP contribution >= 0.6 is 0 Å². The van der Waals surface area contributed by atoms with Crippen LogP contribution < -0.4 is 0 Å². The second kappa shape index (κ2) is 5.17. The summed E-state index contributed by atoms with van der Waals surface area (Å²) in [5.41, 5.74) is 2.86. The Kier molecular flexibility index (Phi) is 3.21. The van der Waals surface area contributed by atoms with Crippen molar-refractivity contribution in [2.45, 2.75) is 6.42 Å². The molecule has 0 atom stereocenters. The second-order valence-corrected chi connectivity index (χ2v) is 4.79. The molecule has 0 amide bonds. The monoisotopic (exact) mass is 262 g/mol. The Labute approximate surface area is 117 Å². The zero-order valence-electron chi connectivity index (χ0n) is 10.9. The van der Waals surface area contributed by atoms with E-state index in [0.717, 1.165) is 17.2 Å². The summed E-state index contributed by atoms with van der Waals surface area (Å²) in [7, 11) is 0. The van der Waals surface area contributed by atoms with Crippen molar-refractivity contribution in [3.63, 3.8) is 0 Å². The third-order valence-corrected chi connectivity index (χ3v) is 3.44. The molecule has 0 radical (unpaired) electrons. The summed E-state index contributed by atoms with van der Waals surface area (Å²) in [6.07, 6.45) is 5.27. The molecule has 0 fully saturated rings.